The second-order valence-corrected chi connectivity index (χ2v) is 6.44. The van der Waals surface area contributed by atoms with Crippen molar-refractivity contribution in [2.24, 2.45) is 5.92 Å². The van der Waals surface area contributed by atoms with Crippen LogP contribution in [0, 0.1) is 5.92 Å². The Morgan fingerprint density at radius 3 is 2.50 bits per heavy atom. The Balaban J connectivity index is 1.70. The van der Waals surface area contributed by atoms with Gasteiger partial charge in [-0.05, 0) is 51.0 Å². The van der Waals surface area contributed by atoms with Crippen LogP contribution in [0.25, 0.3) is 0 Å². The van der Waals surface area contributed by atoms with E-state index in [1.807, 2.05) is 30.0 Å². The molecule has 4 nitrogen and oxygen atoms in total. The lowest BCUT2D eigenvalue weighted by atomic mass is 9.92. The van der Waals surface area contributed by atoms with Crippen molar-refractivity contribution in [1.29, 1.82) is 0 Å². The van der Waals surface area contributed by atoms with Gasteiger partial charge in [0.05, 0.1) is 6.10 Å². The van der Waals surface area contributed by atoms with Crippen LogP contribution in [-0.2, 0) is 6.42 Å². The maximum atomic E-state index is 12.2. The molecule has 4 heteroatoms. The molecule has 122 valence electrons. The highest BCUT2D eigenvalue weighted by Gasteiger charge is 2.25. The van der Waals surface area contributed by atoms with E-state index in [2.05, 4.69) is 24.4 Å². The Kier molecular flexibility index (Phi) is 6.25. The molecule has 0 aromatic heterocycles. The molecule has 2 rings (SSSR count). The molecule has 1 aliphatic heterocycles. The topological polar surface area (TPSA) is 52.6 Å². The maximum absolute atomic E-state index is 12.2. The summed E-state index contributed by atoms with van der Waals surface area (Å²) < 4.78 is 0. The summed E-state index contributed by atoms with van der Waals surface area (Å²) in [5.74, 6) is 0.333. The molecule has 0 spiro atoms. The second kappa shape index (κ2) is 8.18. The van der Waals surface area contributed by atoms with Crippen LogP contribution in [-0.4, -0.2) is 41.3 Å². The molecule has 1 aliphatic rings. The van der Waals surface area contributed by atoms with Crippen molar-refractivity contribution in [2.45, 2.75) is 51.7 Å². The number of hydrogen-bond acceptors (Lipinski definition) is 2. The third-order valence-electron chi connectivity index (χ3n) is 4.59. The first kappa shape index (κ1) is 16.8. The molecular formula is C18H28N2O2. The molecule has 2 N–H and O–H groups in total. The average molecular weight is 304 g/mol. The predicted octanol–water partition coefficient (Wildman–Crippen LogP) is 2.81. The van der Waals surface area contributed by atoms with Gasteiger partial charge in [0.2, 0.25) is 0 Å². The summed E-state index contributed by atoms with van der Waals surface area (Å²) in [7, 11) is 0. The molecule has 0 bridgehead atoms. The largest absolute Gasteiger partial charge is 0.393 e. The number of likely N-dealkylation sites (tertiary alicyclic amines) is 1. The number of benzene rings is 1. The number of carbonyl (C=O) groups is 1. The van der Waals surface area contributed by atoms with Crippen molar-refractivity contribution in [1.82, 2.24) is 10.2 Å². The molecule has 1 aromatic rings. The van der Waals surface area contributed by atoms with E-state index < -0.39 is 0 Å². The van der Waals surface area contributed by atoms with Crippen molar-refractivity contribution in [2.75, 3.05) is 13.1 Å². The first-order chi connectivity index (χ1) is 10.6. The Hall–Kier alpha value is -1.55. The van der Waals surface area contributed by atoms with Gasteiger partial charge >= 0.3 is 6.03 Å². The molecule has 2 amide bonds. The lowest BCUT2D eigenvalue weighted by molar-refractivity contribution is 0.0793. The van der Waals surface area contributed by atoms with E-state index >= 15 is 0 Å². The molecule has 1 aromatic carbocycles. The highest BCUT2D eigenvalue weighted by molar-refractivity contribution is 5.74. The van der Waals surface area contributed by atoms with E-state index in [0.29, 0.717) is 5.92 Å². The Bertz CT molecular complexity index is 453. The number of rotatable bonds is 5. The minimum atomic E-state index is -0.269. The van der Waals surface area contributed by atoms with Crippen LogP contribution in [0.4, 0.5) is 4.79 Å². The average Bonchev–Trinajstić information content (AvgIpc) is 2.54. The van der Waals surface area contributed by atoms with Gasteiger partial charge in [-0.15, -0.1) is 0 Å². The van der Waals surface area contributed by atoms with Gasteiger partial charge in [-0.1, -0.05) is 30.3 Å². The van der Waals surface area contributed by atoms with Crippen LogP contribution >= 0.6 is 0 Å². The molecule has 0 saturated carbocycles. The molecule has 1 fully saturated rings. The quantitative estimate of drug-likeness (QED) is 0.879. The Morgan fingerprint density at radius 1 is 1.27 bits per heavy atom. The van der Waals surface area contributed by atoms with E-state index in [-0.39, 0.29) is 18.2 Å². The summed E-state index contributed by atoms with van der Waals surface area (Å²) in [5.41, 5.74) is 1.31. The van der Waals surface area contributed by atoms with Crippen LogP contribution < -0.4 is 5.32 Å². The first-order valence-corrected chi connectivity index (χ1v) is 8.33. The van der Waals surface area contributed by atoms with Gasteiger partial charge in [-0.2, -0.15) is 0 Å². The SMILES string of the molecule is CC(CCc1ccccc1)NC(=O)N1CCC(C(C)O)CC1. The summed E-state index contributed by atoms with van der Waals surface area (Å²) in [4.78, 5) is 14.1. The number of nitrogens with zero attached hydrogens (tertiary/aromatic N) is 1. The molecule has 1 heterocycles. The number of aliphatic hydroxyl groups is 1. The number of hydrogen-bond donors (Lipinski definition) is 2. The molecule has 22 heavy (non-hydrogen) atoms. The number of amides is 2. The highest BCUT2D eigenvalue weighted by Crippen LogP contribution is 2.20. The fourth-order valence-electron chi connectivity index (χ4n) is 2.99. The van der Waals surface area contributed by atoms with E-state index in [1.54, 1.807) is 0 Å². The molecular weight excluding hydrogens is 276 g/mol. The third-order valence-corrected chi connectivity index (χ3v) is 4.59. The van der Waals surface area contributed by atoms with Crippen molar-refractivity contribution in [3.63, 3.8) is 0 Å². The standard InChI is InChI=1S/C18H28N2O2/c1-14(8-9-16-6-4-3-5-7-16)19-18(22)20-12-10-17(11-13-20)15(2)21/h3-7,14-15,17,21H,8-13H2,1-2H3,(H,19,22). The van der Waals surface area contributed by atoms with E-state index in [0.717, 1.165) is 38.8 Å². The molecule has 0 radical (unpaired) electrons. The lowest BCUT2D eigenvalue weighted by Gasteiger charge is -2.34. The zero-order valence-electron chi connectivity index (χ0n) is 13.7. The Morgan fingerprint density at radius 2 is 1.91 bits per heavy atom. The van der Waals surface area contributed by atoms with Gasteiger partial charge < -0.3 is 15.3 Å². The minimum absolute atomic E-state index is 0.0320. The Labute approximate surface area is 133 Å². The summed E-state index contributed by atoms with van der Waals surface area (Å²) in [5, 5.41) is 12.7. The fraction of sp³-hybridized carbons (Fsp3) is 0.611. The van der Waals surface area contributed by atoms with Crippen molar-refractivity contribution in [3.8, 4) is 0 Å². The van der Waals surface area contributed by atoms with Crippen LogP contribution in [0.3, 0.4) is 0 Å². The summed E-state index contributed by atoms with van der Waals surface area (Å²) in [6, 6.07) is 10.6. The number of aryl methyl sites for hydroxylation is 1. The van der Waals surface area contributed by atoms with E-state index in [1.165, 1.54) is 5.56 Å². The van der Waals surface area contributed by atoms with Gasteiger partial charge in [0.1, 0.15) is 0 Å². The second-order valence-electron chi connectivity index (χ2n) is 6.44. The number of aliphatic hydroxyl groups excluding tert-OH is 1. The van der Waals surface area contributed by atoms with Crippen molar-refractivity contribution < 1.29 is 9.90 Å². The molecule has 2 atom stereocenters. The highest BCUT2D eigenvalue weighted by atomic mass is 16.3. The summed E-state index contributed by atoms with van der Waals surface area (Å²) in [6.07, 6.45) is 3.44. The van der Waals surface area contributed by atoms with Crippen molar-refractivity contribution in [3.05, 3.63) is 35.9 Å². The zero-order valence-corrected chi connectivity index (χ0v) is 13.7. The van der Waals surface area contributed by atoms with Gasteiger partial charge in [-0.3, -0.25) is 0 Å². The van der Waals surface area contributed by atoms with Crippen LogP contribution in [0.2, 0.25) is 0 Å². The third kappa shape index (κ3) is 5.02. The number of carbonyl (C=O) groups excluding carboxylic acids is 1. The number of piperidine rings is 1. The van der Waals surface area contributed by atoms with Gasteiger partial charge in [0.15, 0.2) is 0 Å². The van der Waals surface area contributed by atoms with Crippen LogP contribution in [0.15, 0.2) is 30.3 Å². The predicted molar refractivity (Wildman–Crippen MR) is 88.7 cm³/mol. The van der Waals surface area contributed by atoms with Crippen molar-refractivity contribution >= 4 is 6.03 Å². The van der Waals surface area contributed by atoms with Crippen LogP contribution in [0.5, 0.6) is 0 Å². The van der Waals surface area contributed by atoms with E-state index in [9.17, 15) is 9.90 Å². The smallest absolute Gasteiger partial charge is 0.317 e. The zero-order chi connectivity index (χ0) is 15.9. The summed E-state index contributed by atoms with van der Waals surface area (Å²) in [6.45, 7) is 5.38. The number of urea groups is 1. The van der Waals surface area contributed by atoms with Gasteiger partial charge in [0, 0.05) is 19.1 Å². The number of nitrogens with one attached hydrogen (secondary N) is 1. The van der Waals surface area contributed by atoms with Gasteiger partial charge in [0.25, 0.3) is 0 Å². The monoisotopic (exact) mass is 304 g/mol. The maximum Gasteiger partial charge on any atom is 0.317 e. The fourth-order valence-corrected chi connectivity index (χ4v) is 2.99. The minimum Gasteiger partial charge on any atom is -0.393 e. The normalized spacial score (nSPS) is 18.8. The van der Waals surface area contributed by atoms with Gasteiger partial charge in [-0.25, -0.2) is 4.79 Å². The lowest BCUT2D eigenvalue weighted by Crippen LogP contribution is -2.48. The van der Waals surface area contributed by atoms with E-state index in [4.69, 9.17) is 0 Å². The summed E-state index contributed by atoms with van der Waals surface area (Å²) >= 11 is 0. The first-order valence-electron chi connectivity index (χ1n) is 8.33. The van der Waals surface area contributed by atoms with Crippen LogP contribution in [0.1, 0.15) is 38.7 Å². The molecule has 0 aliphatic carbocycles. The molecule has 2 unspecified atom stereocenters. The molecule has 1 saturated heterocycles.